The van der Waals surface area contributed by atoms with Crippen molar-refractivity contribution in [3.8, 4) is 28.1 Å². The van der Waals surface area contributed by atoms with Crippen LogP contribution < -0.4 is 10.1 Å². The maximum absolute atomic E-state index is 15.9. The number of nitrogens with one attached hydrogen (secondary N) is 1. The molecule has 0 bridgehead atoms. The van der Waals surface area contributed by atoms with Crippen molar-refractivity contribution in [2.45, 2.75) is 66.2 Å². The van der Waals surface area contributed by atoms with E-state index >= 15 is 8.78 Å². The first-order valence-corrected chi connectivity index (χ1v) is 14.7. The zero-order chi connectivity index (χ0) is 32.7. The molecule has 2 aromatic heterocycles. The average Bonchev–Trinajstić information content (AvgIpc) is 3.34. The molecule has 4 aromatic rings. The molecule has 238 valence electrons. The lowest BCUT2D eigenvalue weighted by molar-refractivity contribution is 0.0513. The number of halogens is 2. The fraction of sp³-hybridized carbons (Fsp3) is 0.353. The number of carbonyl (C=O) groups excluding carboxylic acids is 2. The van der Waals surface area contributed by atoms with Crippen LogP contribution in [0.15, 0.2) is 60.9 Å². The summed E-state index contributed by atoms with van der Waals surface area (Å²) in [5, 5.41) is 7.12. The Morgan fingerprint density at radius 2 is 1.73 bits per heavy atom. The molecule has 9 nitrogen and oxygen atoms in total. The summed E-state index contributed by atoms with van der Waals surface area (Å²) in [5.41, 5.74) is 1.35. The van der Waals surface area contributed by atoms with Crippen LogP contribution in [0.25, 0.3) is 22.4 Å². The standard InChI is InChI=1S/C34H38F2N4O5/c1-7-43-32(41)31-29(25-13-12-24(18-27(25)35)44-20-22-8-10-23(11-9-22)21(2)3)30(26-14-15-37-19-28(26)36)39-40(31)17-16-38-33(42)45-34(4,5)6/h8-15,18-19,21H,7,16-17,20H2,1-6H3,(H,38,42). The topological polar surface area (TPSA) is 105 Å². The highest BCUT2D eigenvalue weighted by atomic mass is 19.1. The number of ether oxygens (including phenoxy) is 3. The third kappa shape index (κ3) is 8.43. The number of nitrogens with zero attached hydrogens (tertiary/aromatic N) is 3. The molecule has 1 amide bonds. The molecule has 0 aliphatic carbocycles. The molecule has 0 fully saturated rings. The minimum atomic E-state index is -0.789. The van der Waals surface area contributed by atoms with Gasteiger partial charge in [-0.15, -0.1) is 0 Å². The number of hydrogen-bond acceptors (Lipinski definition) is 7. The first-order chi connectivity index (χ1) is 21.4. The molecule has 0 atom stereocenters. The predicted octanol–water partition coefficient (Wildman–Crippen LogP) is 7.29. The Kier molecular flexibility index (Phi) is 10.5. The highest BCUT2D eigenvalue weighted by molar-refractivity contribution is 6.00. The van der Waals surface area contributed by atoms with E-state index in [4.69, 9.17) is 14.2 Å². The number of hydrogen-bond donors (Lipinski definition) is 1. The molecule has 0 spiro atoms. The van der Waals surface area contributed by atoms with Crippen LogP contribution in [0.5, 0.6) is 5.75 Å². The van der Waals surface area contributed by atoms with Crippen LogP contribution in [-0.4, -0.2) is 45.6 Å². The number of benzene rings is 2. The van der Waals surface area contributed by atoms with Crippen molar-refractivity contribution in [1.82, 2.24) is 20.1 Å². The van der Waals surface area contributed by atoms with Crippen LogP contribution in [0, 0.1) is 11.6 Å². The van der Waals surface area contributed by atoms with Gasteiger partial charge in [-0.1, -0.05) is 38.1 Å². The molecule has 2 aromatic carbocycles. The predicted molar refractivity (Wildman–Crippen MR) is 166 cm³/mol. The summed E-state index contributed by atoms with van der Waals surface area (Å²) >= 11 is 0. The summed E-state index contributed by atoms with van der Waals surface area (Å²) in [6.45, 7) is 11.3. The molecule has 0 aliphatic rings. The van der Waals surface area contributed by atoms with Crippen LogP contribution in [-0.2, 0) is 22.6 Å². The summed E-state index contributed by atoms with van der Waals surface area (Å²) in [6.07, 6.45) is 1.72. The third-order valence-electron chi connectivity index (χ3n) is 6.70. The van der Waals surface area contributed by atoms with Crippen LogP contribution in [0.2, 0.25) is 0 Å². The molecule has 0 saturated carbocycles. The maximum atomic E-state index is 15.9. The molecule has 0 unspecified atom stereocenters. The second-order valence-electron chi connectivity index (χ2n) is 11.6. The summed E-state index contributed by atoms with van der Waals surface area (Å²) in [6, 6.07) is 13.6. The number of aromatic nitrogens is 3. The van der Waals surface area contributed by atoms with Crippen LogP contribution >= 0.6 is 0 Å². The van der Waals surface area contributed by atoms with E-state index < -0.39 is 29.3 Å². The number of carbonyl (C=O) groups is 2. The Morgan fingerprint density at radius 3 is 2.36 bits per heavy atom. The number of alkyl carbamates (subject to hydrolysis) is 1. The van der Waals surface area contributed by atoms with Crippen molar-refractivity contribution in [2.75, 3.05) is 13.2 Å². The summed E-state index contributed by atoms with van der Waals surface area (Å²) in [7, 11) is 0. The second kappa shape index (κ2) is 14.3. The number of amides is 1. The molecule has 0 radical (unpaired) electrons. The van der Waals surface area contributed by atoms with Crippen molar-refractivity contribution in [3.63, 3.8) is 0 Å². The van der Waals surface area contributed by atoms with Gasteiger partial charge in [0.15, 0.2) is 11.5 Å². The van der Waals surface area contributed by atoms with Crippen molar-refractivity contribution >= 4 is 12.1 Å². The molecule has 45 heavy (non-hydrogen) atoms. The van der Waals surface area contributed by atoms with Gasteiger partial charge in [0, 0.05) is 35.5 Å². The van der Waals surface area contributed by atoms with E-state index in [1.165, 1.54) is 34.6 Å². The van der Waals surface area contributed by atoms with Crippen LogP contribution in [0.1, 0.15) is 69.1 Å². The third-order valence-corrected chi connectivity index (χ3v) is 6.70. The van der Waals surface area contributed by atoms with E-state index in [1.54, 1.807) is 33.8 Å². The molecular formula is C34H38F2N4O5. The minimum absolute atomic E-state index is 0.00744. The van der Waals surface area contributed by atoms with E-state index in [-0.39, 0.29) is 60.1 Å². The summed E-state index contributed by atoms with van der Waals surface area (Å²) < 4.78 is 48.7. The molecule has 4 rings (SSSR count). The van der Waals surface area contributed by atoms with Gasteiger partial charge in [-0.3, -0.25) is 9.67 Å². The van der Waals surface area contributed by atoms with Gasteiger partial charge in [0.1, 0.15) is 29.5 Å². The molecular weight excluding hydrogens is 582 g/mol. The van der Waals surface area contributed by atoms with Crippen molar-refractivity contribution < 1.29 is 32.6 Å². The van der Waals surface area contributed by atoms with Gasteiger partial charge in [0.25, 0.3) is 0 Å². The Balaban J connectivity index is 1.71. The zero-order valence-electron chi connectivity index (χ0n) is 26.3. The SMILES string of the molecule is CCOC(=O)c1c(-c2ccc(OCc3ccc(C(C)C)cc3)cc2F)c(-c2ccncc2F)nn1CCNC(=O)OC(C)(C)C. The largest absolute Gasteiger partial charge is 0.489 e. The first kappa shape index (κ1) is 33.1. The highest BCUT2D eigenvalue weighted by Crippen LogP contribution is 2.38. The van der Waals surface area contributed by atoms with Gasteiger partial charge in [0.2, 0.25) is 0 Å². The van der Waals surface area contributed by atoms with Crippen molar-refractivity contribution in [1.29, 1.82) is 0 Å². The normalized spacial score (nSPS) is 11.4. The van der Waals surface area contributed by atoms with E-state index in [1.807, 2.05) is 24.3 Å². The van der Waals surface area contributed by atoms with Crippen molar-refractivity contribution in [3.05, 3.63) is 89.4 Å². The zero-order valence-corrected chi connectivity index (χ0v) is 26.3. The van der Waals surface area contributed by atoms with Gasteiger partial charge in [0.05, 0.1) is 19.3 Å². The lowest BCUT2D eigenvalue weighted by Gasteiger charge is -2.19. The summed E-state index contributed by atoms with van der Waals surface area (Å²) in [5.74, 6) is -1.54. The molecule has 2 heterocycles. The van der Waals surface area contributed by atoms with E-state index in [2.05, 4.69) is 29.2 Å². The Bertz CT molecular complexity index is 1650. The lowest BCUT2D eigenvalue weighted by Crippen LogP contribution is -2.34. The number of esters is 1. The van der Waals surface area contributed by atoms with Gasteiger partial charge < -0.3 is 19.5 Å². The van der Waals surface area contributed by atoms with E-state index in [9.17, 15) is 9.59 Å². The maximum Gasteiger partial charge on any atom is 0.407 e. The van der Waals surface area contributed by atoms with Gasteiger partial charge >= 0.3 is 12.1 Å². The fourth-order valence-corrected chi connectivity index (χ4v) is 4.57. The Labute approximate surface area is 261 Å². The van der Waals surface area contributed by atoms with Crippen LogP contribution in [0.3, 0.4) is 0 Å². The smallest absolute Gasteiger partial charge is 0.407 e. The fourth-order valence-electron chi connectivity index (χ4n) is 4.57. The monoisotopic (exact) mass is 620 g/mol. The quantitative estimate of drug-likeness (QED) is 0.176. The van der Waals surface area contributed by atoms with Crippen molar-refractivity contribution in [2.24, 2.45) is 0 Å². The number of pyridine rings is 1. The lowest BCUT2D eigenvalue weighted by atomic mass is 9.98. The van der Waals surface area contributed by atoms with Crippen LogP contribution in [0.4, 0.5) is 13.6 Å². The molecule has 11 heteroatoms. The second-order valence-corrected chi connectivity index (χ2v) is 11.6. The molecule has 1 N–H and O–H groups in total. The number of rotatable bonds is 11. The molecule has 0 aliphatic heterocycles. The van der Waals surface area contributed by atoms with E-state index in [0.29, 0.717) is 5.92 Å². The Hall–Kier alpha value is -4.80. The summed E-state index contributed by atoms with van der Waals surface area (Å²) in [4.78, 5) is 29.3. The molecule has 0 saturated heterocycles. The van der Waals surface area contributed by atoms with Gasteiger partial charge in [-0.2, -0.15) is 5.10 Å². The van der Waals surface area contributed by atoms with E-state index in [0.717, 1.165) is 11.8 Å². The highest BCUT2D eigenvalue weighted by Gasteiger charge is 2.30. The Morgan fingerprint density at radius 1 is 1.00 bits per heavy atom. The van der Waals surface area contributed by atoms with Gasteiger partial charge in [-0.25, -0.2) is 18.4 Å². The first-order valence-electron chi connectivity index (χ1n) is 14.7. The average molecular weight is 621 g/mol. The minimum Gasteiger partial charge on any atom is -0.489 e. The van der Waals surface area contributed by atoms with Gasteiger partial charge in [-0.05, 0) is 62.9 Å².